The molecule has 0 aliphatic rings. The lowest BCUT2D eigenvalue weighted by atomic mass is 10.2. The summed E-state index contributed by atoms with van der Waals surface area (Å²) in [6.07, 6.45) is 0.382. The van der Waals surface area contributed by atoms with Crippen LogP contribution in [-0.4, -0.2) is 36.1 Å². The van der Waals surface area contributed by atoms with Crippen LogP contribution in [0.4, 0.5) is 5.82 Å². The number of nitriles is 1. The number of carbonyl (C=O) groups excluding carboxylic acids is 1. The average molecular weight is 248 g/mol. The lowest BCUT2D eigenvalue weighted by Gasteiger charge is -2.24. The molecule has 0 aromatic carbocycles. The summed E-state index contributed by atoms with van der Waals surface area (Å²) in [5, 5.41) is 8.68. The number of hydrogen-bond donors (Lipinski definition) is 0. The van der Waals surface area contributed by atoms with E-state index in [0.717, 1.165) is 0 Å². The molecule has 0 spiro atoms. The van der Waals surface area contributed by atoms with Crippen molar-refractivity contribution < 1.29 is 9.53 Å². The Morgan fingerprint density at radius 2 is 2.28 bits per heavy atom. The summed E-state index contributed by atoms with van der Waals surface area (Å²) in [6, 6.07) is 3.88. The van der Waals surface area contributed by atoms with Gasteiger partial charge in [-0.05, 0) is 13.8 Å². The summed E-state index contributed by atoms with van der Waals surface area (Å²) in [4.78, 5) is 21.4. The lowest BCUT2D eigenvalue weighted by molar-refractivity contribution is 0.0586. The molecule has 0 fully saturated rings. The third-order valence-electron chi connectivity index (χ3n) is 2.62. The predicted molar refractivity (Wildman–Crippen MR) is 66.2 cm³/mol. The summed E-state index contributed by atoms with van der Waals surface area (Å²) in [5.41, 5.74) is 0.677. The highest BCUT2D eigenvalue weighted by molar-refractivity contribution is 5.85. The van der Waals surface area contributed by atoms with Crippen molar-refractivity contribution in [3.05, 3.63) is 17.6 Å². The molecule has 1 unspecified atom stereocenters. The van der Waals surface area contributed by atoms with Crippen LogP contribution < -0.4 is 4.90 Å². The zero-order valence-corrected chi connectivity index (χ0v) is 11.0. The van der Waals surface area contributed by atoms with Gasteiger partial charge in [-0.15, -0.1) is 0 Å². The Hall–Kier alpha value is -2.16. The van der Waals surface area contributed by atoms with E-state index in [4.69, 9.17) is 5.26 Å². The fourth-order valence-corrected chi connectivity index (χ4v) is 1.41. The molecule has 18 heavy (non-hydrogen) atoms. The van der Waals surface area contributed by atoms with Crippen LogP contribution in [0.1, 0.15) is 29.7 Å². The van der Waals surface area contributed by atoms with Gasteiger partial charge in [0.2, 0.25) is 5.82 Å². The Labute approximate surface area is 106 Å². The third kappa shape index (κ3) is 3.17. The highest BCUT2D eigenvalue weighted by Gasteiger charge is 2.16. The Morgan fingerprint density at radius 1 is 1.61 bits per heavy atom. The molecule has 1 heterocycles. The monoisotopic (exact) mass is 248 g/mol. The first-order chi connectivity index (χ1) is 8.49. The number of carbonyl (C=O) groups is 1. The smallest absolute Gasteiger partial charge is 0.376 e. The Bertz CT molecular complexity index is 481. The molecule has 0 saturated carbocycles. The fourth-order valence-electron chi connectivity index (χ4n) is 1.41. The largest absolute Gasteiger partial charge is 0.463 e. The maximum absolute atomic E-state index is 11.4. The standard InChI is InChI=1S/C12H16N4O2/c1-8-7-10(16(3)9(2)5-6-13)15-11(14-8)12(17)18-4/h7,9H,5H2,1-4H3. The van der Waals surface area contributed by atoms with Crippen molar-refractivity contribution in [2.45, 2.75) is 26.3 Å². The maximum atomic E-state index is 11.4. The summed E-state index contributed by atoms with van der Waals surface area (Å²) < 4.78 is 4.60. The number of nitrogens with zero attached hydrogens (tertiary/aromatic N) is 4. The van der Waals surface area contributed by atoms with E-state index in [1.807, 2.05) is 18.9 Å². The second kappa shape index (κ2) is 5.96. The highest BCUT2D eigenvalue weighted by atomic mass is 16.5. The lowest BCUT2D eigenvalue weighted by Crippen LogP contribution is -2.30. The van der Waals surface area contributed by atoms with Crippen LogP contribution in [0.3, 0.4) is 0 Å². The number of esters is 1. The van der Waals surface area contributed by atoms with E-state index in [9.17, 15) is 4.79 Å². The van der Waals surface area contributed by atoms with E-state index >= 15 is 0 Å². The minimum absolute atomic E-state index is 0.00907. The van der Waals surface area contributed by atoms with E-state index in [1.165, 1.54) is 7.11 Å². The van der Waals surface area contributed by atoms with Gasteiger partial charge in [-0.3, -0.25) is 0 Å². The second-order valence-corrected chi connectivity index (χ2v) is 4.00. The van der Waals surface area contributed by atoms with E-state index < -0.39 is 5.97 Å². The third-order valence-corrected chi connectivity index (χ3v) is 2.62. The number of hydrogen-bond acceptors (Lipinski definition) is 6. The molecular weight excluding hydrogens is 232 g/mol. The van der Waals surface area contributed by atoms with Gasteiger partial charge < -0.3 is 9.64 Å². The van der Waals surface area contributed by atoms with Crippen LogP contribution in [0.15, 0.2) is 6.07 Å². The van der Waals surface area contributed by atoms with Gasteiger partial charge >= 0.3 is 5.97 Å². The first-order valence-corrected chi connectivity index (χ1v) is 5.53. The number of methoxy groups -OCH3 is 1. The molecule has 1 aromatic heterocycles. The van der Waals surface area contributed by atoms with Crippen molar-refractivity contribution in [2.75, 3.05) is 19.1 Å². The number of rotatable bonds is 4. The normalized spacial score (nSPS) is 11.5. The van der Waals surface area contributed by atoms with Crippen molar-refractivity contribution in [1.29, 1.82) is 5.26 Å². The molecule has 96 valence electrons. The number of ether oxygens (including phenoxy) is 1. The number of anilines is 1. The van der Waals surface area contributed by atoms with Crippen LogP contribution in [0.2, 0.25) is 0 Å². The van der Waals surface area contributed by atoms with Gasteiger partial charge in [-0.2, -0.15) is 5.26 Å². The number of aryl methyl sites for hydroxylation is 1. The van der Waals surface area contributed by atoms with Crippen LogP contribution in [0.25, 0.3) is 0 Å². The van der Waals surface area contributed by atoms with Gasteiger partial charge in [-0.25, -0.2) is 14.8 Å². The van der Waals surface area contributed by atoms with Gasteiger partial charge in [-0.1, -0.05) is 0 Å². The summed E-state index contributed by atoms with van der Waals surface area (Å²) in [6.45, 7) is 3.69. The number of aromatic nitrogens is 2. The van der Waals surface area contributed by atoms with E-state index in [0.29, 0.717) is 17.9 Å². The minimum Gasteiger partial charge on any atom is -0.463 e. The molecule has 0 amide bonds. The molecule has 0 saturated heterocycles. The second-order valence-electron chi connectivity index (χ2n) is 4.00. The summed E-state index contributed by atoms with van der Waals surface area (Å²) in [7, 11) is 3.11. The molecule has 0 radical (unpaired) electrons. The molecule has 6 nitrogen and oxygen atoms in total. The van der Waals surface area contributed by atoms with Crippen LogP contribution in [0.5, 0.6) is 0 Å². The first kappa shape index (κ1) is 13.9. The predicted octanol–water partition coefficient (Wildman–Crippen LogP) is 1.31. The highest BCUT2D eigenvalue weighted by Crippen LogP contribution is 2.15. The minimum atomic E-state index is -0.568. The summed E-state index contributed by atoms with van der Waals surface area (Å²) in [5.74, 6) is 0.0652. The molecule has 1 atom stereocenters. The molecule has 0 aliphatic carbocycles. The average Bonchev–Trinajstić information content (AvgIpc) is 2.36. The van der Waals surface area contributed by atoms with Crippen molar-refractivity contribution in [3.63, 3.8) is 0 Å². The van der Waals surface area contributed by atoms with E-state index in [-0.39, 0.29) is 11.9 Å². The molecular formula is C12H16N4O2. The van der Waals surface area contributed by atoms with Gasteiger partial charge in [0.25, 0.3) is 0 Å². The van der Waals surface area contributed by atoms with Gasteiger partial charge in [0.1, 0.15) is 5.82 Å². The van der Waals surface area contributed by atoms with Gasteiger partial charge in [0.05, 0.1) is 19.6 Å². The molecule has 1 aromatic rings. The summed E-state index contributed by atoms with van der Waals surface area (Å²) >= 11 is 0. The van der Waals surface area contributed by atoms with Crippen LogP contribution >= 0.6 is 0 Å². The zero-order chi connectivity index (χ0) is 13.7. The first-order valence-electron chi connectivity index (χ1n) is 5.53. The van der Waals surface area contributed by atoms with E-state index in [1.54, 1.807) is 13.0 Å². The molecule has 1 rings (SSSR count). The Kier molecular flexibility index (Phi) is 4.60. The van der Waals surface area contributed by atoms with Crippen molar-refractivity contribution in [2.24, 2.45) is 0 Å². The van der Waals surface area contributed by atoms with E-state index in [2.05, 4.69) is 20.8 Å². The quantitative estimate of drug-likeness (QED) is 0.747. The Morgan fingerprint density at radius 3 is 2.83 bits per heavy atom. The van der Waals surface area contributed by atoms with Crippen molar-refractivity contribution >= 4 is 11.8 Å². The molecule has 0 bridgehead atoms. The molecule has 0 N–H and O–H groups in total. The van der Waals surface area contributed by atoms with Gasteiger partial charge in [0, 0.05) is 24.8 Å². The Balaban J connectivity index is 3.06. The zero-order valence-electron chi connectivity index (χ0n) is 11.0. The van der Waals surface area contributed by atoms with Crippen LogP contribution in [0, 0.1) is 18.3 Å². The fraction of sp³-hybridized carbons (Fsp3) is 0.500. The SMILES string of the molecule is COC(=O)c1nc(C)cc(N(C)C(C)CC#N)n1. The molecule has 0 aliphatic heterocycles. The van der Waals surface area contributed by atoms with Crippen LogP contribution in [-0.2, 0) is 4.74 Å². The molecule has 6 heteroatoms. The van der Waals surface area contributed by atoms with Crippen molar-refractivity contribution in [3.8, 4) is 6.07 Å². The van der Waals surface area contributed by atoms with Gasteiger partial charge in [0.15, 0.2) is 0 Å². The van der Waals surface area contributed by atoms with Crippen molar-refractivity contribution in [1.82, 2.24) is 9.97 Å². The topological polar surface area (TPSA) is 79.1 Å². The maximum Gasteiger partial charge on any atom is 0.376 e.